The van der Waals surface area contributed by atoms with Crippen LogP contribution in [0.25, 0.3) is 0 Å². The lowest BCUT2D eigenvalue weighted by atomic mass is 10.0. The molecule has 1 aliphatic rings. The normalized spacial score (nSPS) is 15.6. The smallest absolute Gasteiger partial charge is 0.252 e. The summed E-state index contributed by atoms with van der Waals surface area (Å²) in [6, 6.07) is 0.472. The number of hydrogen-bond acceptors (Lipinski definition) is 6. The predicted molar refractivity (Wildman–Crippen MR) is 113 cm³/mol. The van der Waals surface area contributed by atoms with Gasteiger partial charge in [-0.05, 0) is 52.8 Å². The number of thiophene rings is 1. The third-order valence-corrected chi connectivity index (χ3v) is 6.95. The first-order chi connectivity index (χ1) is 13.4. The van der Waals surface area contributed by atoms with Gasteiger partial charge in [-0.25, -0.2) is 0 Å². The average Bonchev–Trinajstić information content (AvgIpc) is 3.25. The Hall–Kier alpha value is -1.70. The van der Waals surface area contributed by atoms with Crippen LogP contribution in [0.1, 0.15) is 58.1 Å². The molecule has 1 amide bonds. The van der Waals surface area contributed by atoms with Gasteiger partial charge in [-0.3, -0.25) is 9.69 Å². The molecule has 0 radical (unpaired) electrons. The Labute approximate surface area is 171 Å². The highest BCUT2D eigenvalue weighted by Crippen LogP contribution is 2.30. The van der Waals surface area contributed by atoms with E-state index >= 15 is 0 Å². The maximum Gasteiger partial charge on any atom is 0.252 e. The zero-order valence-corrected chi connectivity index (χ0v) is 18.5. The molecule has 154 valence electrons. The molecule has 0 aliphatic carbocycles. The summed E-state index contributed by atoms with van der Waals surface area (Å²) in [5.41, 5.74) is 4.26. The predicted octanol–water partition coefficient (Wildman–Crippen LogP) is 3.37. The molecule has 2 aromatic rings. The molecular formula is C21H32N4O2S. The fraction of sp³-hybridized carbons (Fsp3) is 0.619. The Morgan fingerprint density at radius 2 is 2.25 bits per heavy atom. The number of amides is 1. The minimum Gasteiger partial charge on any atom is -0.361 e. The summed E-state index contributed by atoms with van der Waals surface area (Å²) in [4.78, 5) is 18.7. The molecule has 0 spiro atoms. The van der Waals surface area contributed by atoms with Crippen molar-refractivity contribution in [3.63, 3.8) is 0 Å². The zero-order valence-electron chi connectivity index (χ0n) is 17.7. The molecule has 3 heterocycles. The van der Waals surface area contributed by atoms with Crippen molar-refractivity contribution in [2.24, 2.45) is 0 Å². The summed E-state index contributed by atoms with van der Waals surface area (Å²) < 4.78 is 5.29. The van der Waals surface area contributed by atoms with Crippen LogP contribution in [0.2, 0.25) is 0 Å². The van der Waals surface area contributed by atoms with Crippen LogP contribution in [0.4, 0.5) is 0 Å². The molecule has 1 atom stereocenters. The number of nitrogens with zero attached hydrogens (tertiary/aromatic N) is 3. The Bertz CT molecular complexity index is 794. The number of hydrogen-bond donors (Lipinski definition) is 1. The van der Waals surface area contributed by atoms with Crippen molar-refractivity contribution in [3.05, 3.63) is 38.4 Å². The van der Waals surface area contributed by atoms with Gasteiger partial charge in [-0.1, -0.05) is 12.1 Å². The van der Waals surface area contributed by atoms with Crippen LogP contribution < -0.4 is 5.32 Å². The summed E-state index contributed by atoms with van der Waals surface area (Å²) in [7, 11) is 2.12. The lowest BCUT2D eigenvalue weighted by Crippen LogP contribution is -2.34. The van der Waals surface area contributed by atoms with Gasteiger partial charge in [0.25, 0.3) is 5.91 Å². The topological polar surface area (TPSA) is 61.6 Å². The number of aromatic nitrogens is 1. The molecule has 0 saturated heterocycles. The zero-order chi connectivity index (χ0) is 20.3. The van der Waals surface area contributed by atoms with Gasteiger partial charge in [0.05, 0.1) is 11.3 Å². The number of aryl methyl sites for hydroxylation is 2. The number of carbonyl (C=O) groups is 1. The SMILES string of the molecule is CCN(C)[C@H](C)CCNC(=O)c1csc2c1CCN(Cc1c(C)noc1C)C2. The molecule has 3 rings (SSSR count). The van der Waals surface area contributed by atoms with Gasteiger partial charge in [0.15, 0.2) is 0 Å². The summed E-state index contributed by atoms with van der Waals surface area (Å²) in [6.07, 6.45) is 1.88. The second-order valence-corrected chi connectivity index (χ2v) is 8.75. The summed E-state index contributed by atoms with van der Waals surface area (Å²) >= 11 is 1.70. The van der Waals surface area contributed by atoms with Crippen LogP contribution in [0.5, 0.6) is 0 Å². The van der Waals surface area contributed by atoms with Crippen LogP contribution in [0.3, 0.4) is 0 Å². The molecule has 6 nitrogen and oxygen atoms in total. The fourth-order valence-corrected chi connectivity index (χ4v) is 4.80. The molecule has 0 aromatic carbocycles. The fourth-order valence-electron chi connectivity index (χ4n) is 3.68. The van der Waals surface area contributed by atoms with E-state index in [9.17, 15) is 4.79 Å². The third-order valence-electron chi connectivity index (χ3n) is 5.93. The van der Waals surface area contributed by atoms with Crippen molar-refractivity contribution in [3.8, 4) is 0 Å². The second-order valence-electron chi connectivity index (χ2n) is 7.78. The van der Waals surface area contributed by atoms with Crippen molar-refractivity contribution >= 4 is 17.2 Å². The first-order valence-electron chi connectivity index (χ1n) is 10.1. The Morgan fingerprint density at radius 1 is 1.46 bits per heavy atom. The van der Waals surface area contributed by atoms with E-state index in [1.54, 1.807) is 11.3 Å². The van der Waals surface area contributed by atoms with Gasteiger partial charge in [-0.15, -0.1) is 11.3 Å². The van der Waals surface area contributed by atoms with Crippen LogP contribution in [-0.2, 0) is 19.5 Å². The Balaban J connectivity index is 1.56. The highest BCUT2D eigenvalue weighted by molar-refractivity contribution is 7.10. The maximum absolute atomic E-state index is 12.7. The first-order valence-corrected chi connectivity index (χ1v) is 11.0. The van der Waals surface area contributed by atoms with Crippen LogP contribution in [-0.4, -0.2) is 53.6 Å². The van der Waals surface area contributed by atoms with Gasteiger partial charge >= 0.3 is 0 Å². The van der Waals surface area contributed by atoms with Gasteiger partial charge in [0, 0.05) is 48.0 Å². The second kappa shape index (κ2) is 9.20. The molecule has 0 fully saturated rings. The van der Waals surface area contributed by atoms with Crippen molar-refractivity contribution in [1.82, 2.24) is 20.3 Å². The van der Waals surface area contributed by atoms with Gasteiger partial charge in [0.1, 0.15) is 5.76 Å². The van der Waals surface area contributed by atoms with Crippen molar-refractivity contribution in [2.45, 2.75) is 59.7 Å². The lowest BCUT2D eigenvalue weighted by molar-refractivity contribution is 0.0948. The molecule has 28 heavy (non-hydrogen) atoms. The van der Waals surface area contributed by atoms with Gasteiger partial charge < -0.3 is 14.7 Å². The summed E-state index contributed by atoms with van der Waals surface area (Å²) in [5, 5.41) is 9.20. The van der Waals surface area contributed by atoms with E-state index in [-0.39, 0.29) is 5.91 Å². The lowest BCUT2D eigenvalue weighted by Gasteiger charge is -2.27. The van der Waals surface area contributed by atoms with Gasteiger partial charge in [0.2, 0.25) is 0 Å². The Morgan fingerprint density at radius 3 is 2.93 bits per heavy atom. The van der Waals surface area contributed by atoms with Gasteiger partial charge in [-0.2, -0.15) is 0 Å². The molecule has 2 aromatic heterocycles. The van der Waals surface area contributed by atoms with Crippen molar-refractivity contribution < 1.29 is 9.32 Å². The van der Waals surface area contributed by atoms with Crippen LogP contribution in [0, 0.1) is 13.8 Å². The van der Waals surface area contributed by atoms with Crippen molar-refractivity contribution in [2.75, 3.05) is 26.7 Å². The summed E-state index contributed by atoms with van der Waals surface area (Å²) in [5.74, 6) is 0.973. The molecule has 0 unspecified atom stereocenters. The van der Waals surface area contributed by atoms with E-state index in [2.05, 4.69) is 41.2 Å². The quantitative estimate of drug-likeness (QED) is 0.731. The van der Waals surface area contributed by atoms with Crippen LogP contribution in [0.15, 0.2) is 9.90 Å². The number of rotatable bonds is 8. The van der Waals surface area contributed by atoms with Crippen molar-refractivity contribution in [1.29, 1.82) is 0 Å². The van der Waals surface area contributed by atoms with E-state index in [1.165, 1.54) is 16.0 Å². The van der Waals surface area contributed by atoms with E-state index in [0.717, 1.165) is 56.0 Å². The number of nitrogens with one attached hydrogen (secondary N) is 1. The van der Waals surface area contributed by atoms with E-state index in [4.69, 9.17) is 4.52 Å². The molecule has 1 N–H and O–H groups in total. The molecular weight excluding hydrogens is 372 g/mol. The number of carbonyl (C=O) groups excluding carboxylic acids is 1. The monoisotopic (exact) mass is 404 g/mol. The standard InChI is InChI=1S/C21H32N4O2S/c1-6-24(5)14(2)7-9-22-21(26)19-13-28-20-12-25(10-8-17(19)20)11-18-15(3)23-27-16(18)4/h13-14H,6-12H2,1-5H3,(H,22,26)/t14-/m1/s1. The highest BCUT2D eigenvalue weighted by atomic mass is 32.1. The molecule has 0 bridgehead atoms. The van der Waals surface area contributed by atoms with E-state index in [0.29, 0.717) is 12.6 Å². The minimum absolute atomic E-state index is 0.0722. The Kier molecular flexibility index (Phi) is 6.91. The maximum atomic E-state index is 12.7. The minimum atomic E-state index is 0.0722. The molecule has 7 heteroatoms. The van der Waals surface area contributed by atoms with E-state index in [1.807, 2.05) is 19.2 Å². The van der Waals surface area contributed by atoms with E-state index < -0.39 is 0 Å². The van der Waals surface area contributed by atoms with Crippen LogP contribution >= 0.6 is 11.3 Å². The average molecular weight is 405 g/mol. The molecule has 0 saturated carbocycles. The highest BCUT2D eigenvalue weighted by Gasteiger charge is 2.25. The number of fused-ring (bicyclic) bond motifs is 1. The summed E-state index contributed by atoms with van der Waals surface area (Å²) in [6.45, 7) is 12.7. The third kappa shape index (κ3) is 4.64. The first kappa shape index (κ1) is 21.0. The largest absolute Gasteiger partial charge is 0.361 e. The molecule has 1 aliphatic heterocycles.